The summed E-state index contributed by atoms with van der Waals surface area (Å²) in [5, 5.41) is 14.9. The Morgan fingerprint density at radius 3 is 2.55 bits per heavy atom. The van der Waals surface area contributed by atoms with Crippen LogP contribution < -0.4 is 4.90 Å². The van der Waals surface area contributed by atoms with Gasteiger partial charge in [-0.05, 0) is 30.7 Å². The SMILES string of the molecule is CC(O)c1ccn(-c2nc(Cc3ccc(Cl)cc3)cc(N3CC4(COC4)C3)n2)n1. The Kier molecular flexibility index (Phi) is 4.53. The second-order valence-corrected chi connectivity index (χ2v) is 8.47. The standard InChI is InChI=1S/C21H22ClN5O2/c1-14(28)18-6-7-27(25-18)20-23-17(8-15-2-4-16(22)5-3-15)9-19(24-20)26-10-21(11-26)12-29-13-21/h2-7,9,14,28H,8,10-13H2,1H3. The monoisotopic (exact) mass is 411 g/mol. The van der Waals surface area contributed by atoms with E-state index in [2.05, 4.69) is 10.00 Å². The summed E-state index contributed by atoms with van der Waals surface area (Å²) in [6.45, 7) is 5.24. The first kappa shape index (κ1) is 18.5. The number of ether oxygens (including phenoxy) is 1. The zero-order valence-electron chi connectivity index (χ0n) is 16.1. The lowest BCUT2D eigenvalue weighted by atomic mass is 9.78. The molecule has 0 radical (unpaired) electrons. The molecule has 2 fully saturated rings. The second kappa shape index (κ2) is 7.09. The maximum Gasteiger partial charge on any atom is 0.252 e. The van der Waals surface area contributed by atoms with Crippen LogP contribution in [-0.4, -0.2) is 51.2 Å². The van der Waals surface area contributed by atoms with E-state index in [0.29, 0.717) is 28.5 Å². The molecule has 0 amide bonds. The number of aliphatic hydroxyl groups is 1. The van der Waals surface area contributed by atoms with E-state index < -0.39 is 6.10 Å². The lowest BCUT2D eigenvalue weighted by Gasteiger charge is -2.55. The van der Waals surface area contributed by atoms with Crippen molar-refractivity contribution in [3.05, 3.63) is 64.6 Å². The molecule has 0 saturated carbocycles. The summed E-state index contributed by atoms with van der Waals surface area (Å²) in [6.07, 6.45) is 1.82. The maximum absolute atomic E-state index is 9.79. The molecule has 2 aliphatic rings. The highest BCUT2D eigenvalue weighted by atomic mass is 35.5. The van der Waals surface area contributed by atoms with Crippen molar-refractivity contribution in [2.24, 2.45) is 5.41 Å². The van der Waals surface area contributed by atoms with Crippen LogP contribution in [0.25, 0.3) is 5.95 Å². The molecule has 0 aliphatic carbocycles. The average Bonchev–Trinajstić information content (AvgIpc) is 3.12. The van der Waals surface area contributed by atoms with Crippen molar-refractivity contribution in [1.29, 1.82) is 0 Å². The Bertz CT molecular complexity index is 1020. The summed E-state index contributed by atoms with van der Waals surface area (Å²) in [5.74, 6) is 1.40. The third-order valence-corrected chi connectivity index (χ3v) is 5.74. The molecule has 2 saturated heterocycles. The molecule has 4 heterocycles. The molecule has 1 N–H and O–H groups in total. The van der Waals surface area contributed by atoms with Gasteiger partial charge in [-0.25, -0.2) is 9.67 Å². The second-order valence-electron chi connectivity index (χ2n) is 8.03. The fourth-order valence-corrected chi connectivity index (χ4v) is 3.93. The highest BCUT2D eigenvalue weighted by Gasteiger charge is 2.49. The van der Waals surface area contributed by atoms with E-state index in [9.17, 15) is 5.11 Å². The van der Waals surface area contributed by atoms with Crippen LogP contribution in [0.1, 0.15) is 30.0 Å². The predicted octanol–water partition coefficient (Wildman–Crippen LogP) is 2.80. The highest BCUT2D eigenvalue weighted by molar-refractivity contribution is 6.30. The van der Waals surface area contributed by atoms with Crippen LogP contribution in [0.5, 0.6) is 0 Å². The number of benzene rings is 1. The summed E-state index contributed by atoms with van der Waals surface area (Å²) in [4.78, 5) is 11.7. The summed E-state index contributed by atoms with van der Waals surface area (Å²) >= 11 is 6.01. The number of nitrogens with zero attached hydrogens (tertiary/aromatic N) is 5. The van der Waals surface area contributed by atoms with Gasteiger partial charge in [0.2, 0.25) is 0 Å². The number of hydrogen-bond donors (Lipinski definition) is 1. The lowest BCUT2D eigenvalue weighted by Crippen LogP contribution is -2.66. The van der Waals surface area contributed by atoms with E-state index in [-0.39, 0.29) is 0 Å². The molecular weight excluding hydrogens is 390 g/mol. The number of aliphatic hydroxyl groups excluding tert-OH is 1. The first-order valence-electron chi connectivity index (χ1n) is 9.69. The minimum absolute atomic E-state index is 0.298. The summed E-state index contributed by atoms with van der Waals surface area (Å²) in [6, 6.07) is 11.6. The summed E-state index contributed by atoms with van der Waals surface area (Å²) in [7, 11) is 0. The molecule has 1 aromatic carbocycles. The fraction of sp³-hybridized carbons (Fsp3) is 0.381. The van der Waals surface area contributed by atoms with Crippen molar-refractivity contribution in [2.75, 3.05) is 31.2 Å². The van der Waals surface area contributed by atoms with Crippen LogP contribution in [0, 0.1) is 5.41 Å². The van der Waals surface area contributed by atoms with Gasteiger partial charge in [0.15, 0.2) is 0 Å². The van der Waals surface area contributed by atoms with Crippen LogP contribution in [0.15, 0.2) is 42.6 Å². The van der Waals surface area contributed by atoms with Gasteiger partial charge in [-0.1, -0.05) is 23.7 Å². The van der Waals surface area contributed by atoms with Gasteiger partial charge < -0.3 is 14.7 Å². The van der Waals surface area contributed by atoms with E-state index in [1.807, 2.05) is 30.3 Å². The molecule has 2 aliphatic heterocycles. The summed E-state index contributed by atoms with van der Waals surface area (Å²) in [5.41, 5.74) is 2.93. The Labute approximate surface area is 173 Å². The minimum atomic E-state index is -0.637. The normalized spacial score (nSPS) is 18.4. The highest BCUT2D eigenvalue weighted by Crippen LogP contribution is 2.39. The molecule has 8 heteroatoms. The van der Waals surface area contributed by atoms with Gasteiger partial charge in [-0.3, -0.25) is 0 Å². The number of hydrogen-bond acceptors (Lipinski definition) is 6. The van der Waals surface area contributed by atoms with Crippen molar-refractivity contribution in [1.82, 2.24) is 19.7 Å². The first-order valence-corrected chi connectivity index (χ1v) is 10.1. The average molecular weight is 412 g/mol. The van der Waals surface area contributed by atoms with Crippen LogP contribution in [0.2, 0.25) is 5.02 Å². The fourth-order valence-electron chi connectivity index (χ4n) is 3.81. The van der Waals surface area contributed by atoms with Gasteiger partial charge in [0.25, 0.3) is 5.95 Å². The molecule has 1 unspecified atom stereocenters. The molecule has 150 valence electrons. The van der Waals surface area contributed by atoms with E-state index in [4.69, 9.17) is 26.3 Å². The van der Waals surface area contributed by atoms with Gasteiger partial charge in [0, 0.05) is 36.8 Å². The van der Waals surface area contributed by atoms with Crippen molar-refractivity contribution in [3.63, 3.8) is 0 Å². The maximum atomic E-state index is 9.79. The Morgan fingerprint density at radius 1 is 1.17 bits per heavy atom. The van der Waals surface area contributed by atoms with Crippen molar-refractivity contribution >= 4 is 17.4 Å². The van der Waals surface area contributed by atoms with Gasteiger partial charge in [-0.2, -0.15) is 10.1 Å². The van der Waals surface area contributed by atoms with Crippen LogP contribution in [0.3, 0.4) is 0 Å². The Balaban J connectivity index is 1.47. The number of rotatable bonds is 5. The van der Waals surface area contributed by atoms with Crippen LogP contribution in [0.4, 0.5) is 5.82 Å². The van der Waals surface area contributed by atoms with Crippen molar-refractivity contribution < 1.29 is 9.84 Å². The van der Waals surface area contributed by atoms with E-state index in [1.165, 1.54) is 0 Å². The van der Waals surface area contributed by atoms with Gasteiger partial charge in [-0.15, -0.1) is 0 Å². The third-order valence-electron chi connectivity index (χ3n) is 5.49. The third kappa shape index (κ3) is 3.61. The largest absolute Gasteiger partial charge is 0.387 e. The quantitative estimate of drug-likeness (QED) is 0.695. The molecule has 0 bridgehead atoms. The van der Waals surface area contributed by atoms with E-state index in [1.54, 1.807) is 23.9 Å². The van der Waals surface area contributed by atoms with E-state index >= 15 is 0 Å². The molecule has 1 spiro atoms. The summed E-state index contributed by atoms with van der Waals surface area (Å²) < 4.78 is 7.01. The Morgan fingerprint density at radius 2 is 1.93 bits per heavy atom. The van der Waals surface area contributed by atoms with Crippen molar-refractivity contribution in [3.8, 4) is 5.95 Å². The lowest BCUT2D eigenvalue weighted by molar-refractivity contribution is -0.127. The number of halogens is 1. The zero-order chi connectivity index (χ0) is 20.0. The number of aromatic nitrogens is 4. The smallest absolute Gasteiger partial charge is 0.252 e. The molecule has 5 rings (SSSR count). The van der Waals surface area contributed by atoms with Crippen LogP contribution in [-0.2, 0) is 11.2 Å². The number of anilines is 1. The predicted molar refractivity (Wildman–Crippen MR) is 110 cm³/mol. The molecule has 29 heavy (non-hydrogen) atoms. The van der Waals surface area contributed by atoms with Gasteiger partial charge in [0.05, 0.1) is 36.1 Å². The van der Waals surface area contributed by atoms with E-state index in [0.717, 1.165) is 43.4 Å². The molecular formula is C21H22ClN5O2. The van der Waals surface area contributed by atoms with Gasteiger partial charge >= 0.3 is 0 Å². The molecule has 1 atom stereocenters. The minimum Gasteiger partial charge on any atom is -0.387 e. The zero-order valence-corrected chi connectivity index (χ0v) is 16.9. The molecule has 2 aromatic heterocycles. The van der Waals surface area contributed by atoms with Crippen LogP contribution >= 0.6 is 11.6 Å². The molecule has 7 nitrogen and oxygen atoms in total. The first-order chi connectivity index (χ1) is 14.0. The van der Waals surface area contributed by atoms with Crippen molar-refractivity contribution in [2.45, 2.75) is 19.4 Å². The topological polar surface area (TPSA) is 76.3 Å². The molecule has 3 aromatic rings. The van der Waals surface area contributed by atoms with Gasteiger partial charge in [0.1, 0.15) is 5.82 Å². The Hall–Kier alpha value is -2.48.